The first-order valence-corrected chi connectivity index (χ1v) is 8.93. The zero-order valence-electron chi connectivity index (χ0n) is 14.0. The highest BCUT2D eigenvalue weighted by Gasteiger charge is 2.17. The van der Waals surface area contributed by atoms with Crippen LogP contribution in [0.4, 0.5) is 0 Å². The molecule has 4 aromatic rings. The predicted octanol–water partition coefficient (Wildman–Crippen LogP) is 3.62. The van der Waals surface area contributed by atoms with Gasteiger partial charge in [-0.1, -0.05) is 12.1 Å². The summed E-state index contributed by atoms with van der Waals surface area (Å²) in [4.78, 5) is 28.3. The number of carbonyl (C=O) groups is 2. The van der Waals surface area contributed by atoms with Gasteiger partial charge in [0, 0.05) is 0 Å². The third kappa shape index (κ3) is 3.90. The van der Waals surface area contributed by atoms with E-state index in [9.17, 15) is 9.59 Å². The summed E-state index contributed by atoms with van der Waals surface area (Å²) in [6.45, 7) is -0.178. The van der Waals surface area contributed by atoms with Crippen molar-refractivity contribution in [1.29, 1.82) is 0 Å². The smallest absolute Gasteiger partial charge is 0.374 e. The number of fused-ring (bicyclic) bond motifs is 1. The molecular weight excluding hydrogens is 368 g/mol. The van der Waals surface area contributed by atoms with Gasteiger partial charge in [0.05, 0.1) is 23.0 Å². The average molecular weight is 382 g/mol. The number of thiazole rings is 1. The molecule has 0 aliphatic carbocycles. The quantitative estimate of drug-likeness (QED) is 0.512. The summed E-state index contributed by atoms with van der Waals surface area (Å²) in [5.74, 6) is -0.0390. The van der Waals surface area contributed by atoms with E-state index in [4.69, 9.17) is 13.6 Å². The molecule has 4 rings (SSSR count). The number of ether oxygens (including phenoxy) is 1. The number of hydrogen-bond acceptors (Lipinski definition) is 7. The molecule has 1 amide bonds. The number of esters is 1. The van der Waals surface area contributed by atoms with Gasteiger partial charge < -0.3 is 18.9 Å². The van der Waals surface area contributed by atoms with Crippen molar-refractivity contribution in [3.05, 3.63) is 66.3 Å². The van der Waals surface area contributed by atoms with Gasteiger partial charge in [-0.3, -0.25) is 4.79 Å². The molecule has 136 valence electrons. The lowest BCUT2D eigenvalue weighted by Crippen LogP contribution is -2.28. The van der Waals surface area contributed by atoms with Gasteiger partial charge in [-0.2, -0.15) is 0 Å². The summed E-state index contributed by atoms with van der Waals surface area (Å²) in [7, 11) is 0. The molecule has 1 aromatic carbocycles. The molecule has 0 saturated carbocycles. The van der Waals surface area contributed by atoms with Gasteiger partial charge in [0.25, 0.3) is 5.91 Å². The molecule has 0 spiro atoms. The van der Waals surface area contributed by atoms with Crippen molar-refractivity contribution in [2.75, 3.05) is 6.61 Å². The van der Waals surface area contributed by atoms with Crippen molar-refractivity contribution in [2.45, 2.75) is 6.54 Å². The Morgan fingerprint density at radius 2 is 2.00 bits per heavy atom. The van der Waals surface area contributed by atoms with Gasteiger partial charge >= 0.3 is 5.97 Å². The largest absolute Gasteiger partial charge is 0.467 e. The highest BCUT2D eigenvalue weighted by molar-refractivity contribution is 7.21. The molecule has 1 N–H and O–H groups in total. The second-order valence-electron chi connectivity index (χ2n) is 5.58. The molecule has 0 saturated heterocycles. The van der Waals surface area contributed by atoms with Crippen molar-refractivity contribution in [3.8, 4) is 10.8 Å². The Balaban J connectivity index is 1.35. The van der Waals surface area contributed by atoms with E-state index < -0.39 is 18.5 Å². The van der Waals surface area contributed by atoms with Gasteiger partial charge in [-0.25, -0.2) is 9.78 Å². The van der Waals surface area contributed by atoms with Crippen LogP contribution < -0.4 is 5.32 Å². The lowest BCUT2D eigenvalue weighted by atomic mass is 10.3. The average Bonchev–Trinajstić information content (AvgIpc) is 3.43. The Kier molecular flexibility index (Phi) is 4.71. The summed E-state index contributed by atoms with van der Waals surface area (Å²) in [6, 6.07) is 14.3. The number of rotatable bonds is 6. The molecule has 0 aliphatic heterocycles. The molecule has 0 radical (unpaired) electrons. The van der Waals surface area contributed by atoms with Crippen molar-refractivity contribution >= 4 is 33.4 Å². The molecule has 0 atom stereocenters. The van der Waals surface area contributed by atoms with E-state index in [1.165, 1.54) is 23.7 Å². The zero-order valence-corrected chi connectivity index (χ0v) is 14.8. The van der Waals surface area contributed by atoms with Crippen LogP contribution in [0.5, 0.6) is 0 Å². The molecule has 0 fully saturated rings. The minimum Gasteiger partial charge on any atom is -0.467 e. The van der Waals surface area contributed by atoms with Crippen LogP contribution in [0.2, 0.25) is 0 Å². The Hall–Kier alpha value is -3.39. The van der Waals surface area contributed by atoms with Crippen molar-refractivity contribution < 1.29 is 23.2 Å². The minimum absolute atomic E-state index is 0.0168. The molecule has 27 heavy (non-hydrogen) atoms. The van der Waals surface area contributed by atoms with Crippen LogP contribution in [0, 0.1) is 0 Å². The van der Waals surface area contributed by atoms with Crippen LogP contribution in [-0.2, 0) is 16.1 Å². The molecule has 0 aliphatic rings. The number of aromatic nitrogens is 1. The molecular formula is C19H14N2O5S. The molecule has 0 unspecified atom stereocenters. The maximum absolute atomic E-state index is 12.1. The number of benzene rings is 1. The fourth-order valence-corrected chi connectivity index (χ4v) is 3.32. The number of hydrogen-bond donors (Lipinski definition) is 1. The van der Waals surface area contributed by atoms with Crippen molar-refractivity contribution in [2.24, 2.45) is 0 Å². The summed E-state index contributed by atoms with van der Waals surface area (Å²) in [6.07, 6.45) is 1.52. The Morgan fingerprint density at radius 3 is 2.81 bits per heavy atom. The number of nitrogens with one attached hydrogen (secondary N) is 1. The fourth-order valence-electron chi connectivity index (χ4n) is 2.39. The van der Waals surface area contributed by atoms with Crippen molar-refractivity contribution in [3.63, 3.8) is 0 Å². The second-order valence-corrected chi connectivity index (χ2v) is 6.61. The molecule has 8 heteroatoms. The number of nitrogens with zero attached hydrogens (tertiary/aromatic N) is 1. The van der Waals surface area contributed by atoms with Crippen molar-refractivity contribution in [1.82, 2.24) is 10.3 Å². The normalized spacial score (nSPS) is 10.8. The monoisotopic (exact) mass is 382 g/mol. The molecule has 7 nitrogen and oxygen atoms in total. The third-order valence-electron chi connectivity index (χ3n) is 3.69. The topological polar surface area (TPSA) is 94.6 Å². The van der Waals surface area contributed by atoms with Crippen LogP contribution in [0.1, 0.15) is 16.3 Å². The molecule has 0 bridgehead atoms. The van der Waals surface area contributed by atoms with Gasteiger partial charge in [-0.05, 0) is 36.4 Å². The zero-order chi connectivity index (χ0) is 18.6. The second kappa shape index (κ2) is 7.46. The van der Waals surface area contributed by atoms with Crippen LogP contribution in [-0.4, -0.2) is 23.5 Å². The van der Waals surface area contributed by atoms with Gasteiger partial charge in [0.15, 0.2) is 17.4 Å². The first kappa shape index (κ1) is 17.0. The maximum Gasteiger partial charge on any atom is 0.374 e. The standard InChI is InChI=1S/C19H14N2O5S/c22-17(20-10-12-4-3-9-24-12)11-25-19(23)15-8-7-14(26-15)18-21-13-5-1-2-6-16(13)27-18/h1-9H,10-11H2,(H,20,22). The van der Waals surface area contributed by atoms with Crippen LogP contribution in [0.3, 0.4) is 0 Å². The SMILES string of the molecule is O=C(COC(=O)c1ccc(-c2nc3ccccc3s2)o1)NCc1ccco1. The predicted molar refractivity (Wildman–Crippen MR) is 98.2 cm³/mol. The van der Waals surface area contributed by atoms with E-state index in [0.29, 0.717) is 16.5 Å². The first-order valence-electron chi connectivity index (χ1n) is 8.11. The summed E-state index contributed by atoms with van der Waals surface area (Å²) < 4.78 is 16.6. The number of carbonyl (C=O) groups excluding carboxylic acids is 2. The lowest BCUT2D eigenvalue weighted by Gasteiger charge is -2.04. The van der Waals surface area contributed by atoms with E-state index in [-0.39, 0.29) is 12.3 Å². The molecule has 3 aromatic heterocycles. The minimum atomic E-state index is -0.712. The van der Waals surface area contributed by atoms with E-state index in [0.717, 1.165) is 10.2 Å². The maximum atomic E-state index is 12.1. The Morgan fingerprint density at radius 1 is 1.11 bits per heavy atom. The van der Waals surface area contributed by atoms with Gasteiger partial charge in [0.1, 0.15) is 5.76 Å². The summed E-state index contributed by atoms with van der Waals surface area (Å²) in [5.41, 5.74) is 0.867. The Bertz CT molecular complexity index is 1050. The van der Waals surface area contributed by atoms with Crippen LogP contribution in [0.15, 0.2) is 63.6 Å². The molecule has 3 heterocycles. The first-order chi connectivity index (χ1) is 13.2. The summed E-state index contributed by atoms with van der Waals surface area (Å²) in [5, 5.41) is 3.26. The van der Waals surface area contributed by atoms with Gasteiger partial charge in [-0.15, -0.1) is 11.3 Å². The highest BCUT2D eigenvalue weighted by atomic mass is 32.1. The van der Waals surface area contributed by atoms with Crippen LogP contribution in [0.25, 0.3) is 21.0 Å². The van der Waals surface area contributed by atoms with E-state index in [1.807, 2.05) is 24.3 Å². The third-order valence-corrected chi connectivity index (χ3v) is 4.74. The highest BCUT2D eigenvalue weighted by Crippen LogP contribution is 2.31. The van der Waals surface area contributed by atoms with E-state index >= 15 is 0 Å². The lowest BCUT2D eigenvalue weighted by molar-refractivity contribution is -0.124. The van der Waals surface area contributed by atoms with Crippen LogP contribution >= 0.6 is 11.3 Å². The van der Waals surface area contributed by atoms with E-state index in [1.54, 1.807) is 18.2 Å². The fraction of sp³-hybridized carbons (Fsp3) is 0.105. The number of para-hydroxylation sites is 1. The summed E-state index contributed by atoms with van der Waals surface area (Å²) >= 11 is 1.47. The van der Waals surface area contributed by atoms with E-state index in [2.05, 4.69) is 10.3 Å². The Labute approximate surface area is 157 Å². The number of amides is 1. The van der Waals surface area contributed by atoms with Gasteiger partial charge in [0.2, 0.25) is 5.76 Å². The number of furan rings is 2.